The SMILES string of the molecule is NC(=O)OCCNC(=O)c1ccc(Cl)nc1Cl. The van der Waals surface area contributed by atoms with E-state index >= 15 is 0 Å². The van der Waals surface area contributed by atoms with Crippen LogP contribution in [0.3, 0.4) is 0 Å². The minimum Gasteiger partial charge on any atom is -0.448 e. The van der Waals surface area contributed by atoms with Crippen molar-refractivity contribution < 1.29 is 14.3 Å². The Labute approximate surface area is 107 Å². The summed E-state index contributed by atoms with van der Waals surface area (Å²) in [4.78, 5) is 25.5. The molecule has 0 unspecified atom stereocenters. The van der Waals surface area contributed by atoms with E-state index in [0.717, 1.165) is 0 Å². The van der Waals surface area contributed by atoms with Gasteiger partial charge in [-0.25, -0.2) is 9.78 Å². The Bertz CT molecular complexity index is 439. The third kappa shape index (κ3) is 4.46. The van der Waals surface area contributed by atoms with Gasteiger partial charge in [-0.15, -0.1) is 0 Å². The van der Waals surface area contributed by atoms with Gasteiger partial charge in [0.25, 0.3) is 5.91 Å². The van der Waals surface area contributed by atoms with E-state index in [9.17, 15) is 9.59 Å². The Hall–Kier alpha value is -1.53. The Morgan fingerprint density at radius 3 is 2.71 bits per heavy atom. The number of rotatable bonds is 4. The lowest BCUT2D eigenvalue weighted by atomic mass is 10.2. The molecule has 0 bridgehead atoms. The highest BCUT2D eigenvalue weighted by molar-refractivity contribution is 6.34. The molecule has 0 saturated carbocycles. The van der Waals surface area contributed by atoms with Gasteiger partial charge in [-0.3, -0.25) is 4.79 Å². The van der Waals surface area contributed by atoms with Gasteiger partial charge in [0, 0.05) is 0 Å². The van der Waals surface area contributed by atoms with Crippen LogP contribution in [0.4, 0.5) is 4.79 Å². The van der Waals surface area contributed by atoms with Gasteiger partial charge < -0.3 is 15.8 Å². The number of ether oxygens (including phenoxy) is 1. The average Bonchev–Trinajstić information content (AvgIpc) is 2.23. The smallest absolute Gasteiger partial charge is 0.404 e. The summed E-state index contributed by atoms with van der Waals surface area (Å²) in [5.41, 5.74) is 4.93. The maximum Gasteiger partial charge on any atom is 0.404 e. The third-order valence-corrected chi connectivity index (χ3v) is 2.19. The van der Waals surface area contributed by atoms with Crippen LogP contribution in [-0.2, 0) is 4.74 Å². The summed E-state index contributed by atoms with van der Waals surface area (Å²) < 4.78 is 4.43. The summed E-state index contributed by atoms with van der Waals surface area (Å²) in [7, 11) is 0. The monoisotopic (exact) mass is 277 g/mol. The molecule has 0 fully saturated rings. The van der Waals surface area contributed by atoms with E-state index in [4.69, 9.17) is 28.9 Å². The van der Waals surface area contributed by atoms with Crippen LogP contribution >= 0.6 is 23.2 Å². The molecular formula is C9H9Cl2N3O3. The highest BCUT2D eigenvalue weighted by atomic mass is 35.5. The van der Waals surface area contributed by atoms with Crippen molar-refractivity contribution in [2.45, 2.75) is 0 Å². The highest BCUT2D eigenvalue weighted by Crippen LogP contribution is 2.16. The minimum absolute atomic E-state index is 0.00539. The van der Waals surface area contributed by atoms with Crippen LogP contribution in [0.15, 0.2) is 12.1 Å². The summed E-state index contributed by atoms with van der Waals surface area (Å²) in [6.45, 7) is 0.112. The second kappa shape index (κ2) is 6.27. The normalized spacial score (nSPS) is 9.76. The Morgan fingerprint density at radius 1 is 1.41 bits per heavy atom. The van der Waals surface area contributed by atoms with Crippen LogP contribution in [0.25, 0.3) is 0 Å². The van der Waals surface area contributed by atoms with Crippen molar-refractivity contribution in [3.05, 3.63) is 28.0 Å². The molecule has 1 aromatic rings. The number of hydrogen-bond donors (Lipinski definition) is 2. The first-order chi connectivity index (χ1) is 8.00. The van der Waals surface area contributed by atoms with Gasteiger partial charge in [-0.1, -0.05) is 23.2 Å². The molecule has 0 aliphatic carbocycles. The van der Waals surface area contributed by atoms with E-state index in [1.54, 1.807) is 0 Å². The van der Waals surface area contributed by atoms with Crippen LogP contribution in [0, 0.1) is 0 Å². The first kappa shape index (κ1) is 13.5. The first-order valence-corrected chi connectivity index (χ1v) is 5.29. The van der Waals surface area contributed by atoms with E-state index in [0.29, 0.717) is 0 Å². The lowest BCUT2D eigenvalue weighted by Crippen LogP contribution is -2.29. The number of aromatic nitrogens is 1. The predicted molar refractivity (Wildman–Crippen MR) is 62.1 cm³/mol. The van der Waals surface area contributed by atoms with E-state index in [2.05, 4.69) is 15.0 Å². The van der Waals surface area contributed by atoms with Crippen LogP contribution < -0.4 is 11.1 Å². The minimum atomic E-state index is -0.898. The first-order valence-electron chi connectivity index (χ1n) is 4.53. The molecule has 0 atom stereocenters. The van der Waals surface area contributed by atoms with Crippen LogP contribution in [-0.4, -0.2) is 30.1 Å². The molecule has 3 N–H and O–H groups in total. The quantitative estimate of drug-likeness (QED) is 0.639. The van der Waals surface area contributed by atoms with Crippen molar-refractivity contribution in [1.82, 2.24) is 10.3 Å². The number of nitrogens with zero attached hydrogens (tertiary/aromatic N) is 1. The molecule has 1 aromatic heterocycles. The molecular weight excluding hydrogens is 269 g/mol. The number of carbonyl (C=O) groups is 2. The van der Waals surface area contributed by atoms with Gasteiger partial charge in [-0.05, 0) is 12.1 Å². The summed E-state index contributed by atoms with van der Waals surface area (Å²) in [6, 6.07) is 2.89. The Balaban J connectivity index is 2.50. The number of primary amides is 1. The van der Waals surface area contributed by atoms with Gasteiger partial charge in [0.15, 0.2) is 0 Å². The molecule has 0 spiro atoms. The number of amides is 2. The molecule has 6 nitrogen and oxygen atoms in total. The lowest BCUT2D eigenvalue weighted by Gasteiger charge is -2.06. The average molecular weight is 278 g/mol. The van der Waals surface area contributed by atoms with Crippen molar-refractivity contribution >= 4 is 35.2 Å². The van der Waals surface area contributed by atoms with Gasteiger partial charge in [0.1, 0.15) is 16.9 Å². The largest absolute Gasteiger partial charge is 0.448 e. The van der Waals surface area contributed by atoms with Crippen molar-refractivity contribution in [2.75, 3.05) is 13.2 Å². The molecule has 0 aliphatic heterocycles. The number of carbonyl (C=O) groups excluding carboxylic acids is 2. The summed E-state index contributed by atoms with van der Waals surface area (Å²) in [5, 5.41) is 2.68. The van der Waals surface area contributed by atoms with Gasteiger partial charge in [0.05, 0.1) is 12.1 Å². The topological polar surface area (TPSA) is 94.3 Å². The highest BCUT2D eigenvalue weighted by Gasteiger charge is 2.11. The molecule has 2 amide bonds. The zero-order chi connectivity index (χ0) is 12.8. The van der Waals surface area contributed by atoms with E-state index in [1.165, 1.54) is 12.1 Å². The predicted octanol–water partition coefficient (Wildman–Crippen LogP) is 1.21. The maximum atomic E-state index is 11.6. The molecule has 92 valence electrons. The number of nitrogens with one attached hydrogen (secondary N) is 1. The fourth-order valence-corrected chi connectivity index (χ4v) is 1.42. The van der Waals surface area contributed by atoms with E-state index in [1.807, 2.05) is 0 Å². The third-order valence-electron chi connectivity index (χ3n) is 1.69. The van der Waals surface area contributed by atoms with Gasteiger partial charge in [0.2, 0.25) is 0 Å². The lowest BCUT2D eigenvalue weighted by molar-refractivity contribution is 0.0936. The standard InChI is InChI=1S/C9H9Cl2N3O3/c10-6-2-1-5(7(11)14-6)8(15)13-3-4-17-9(12)16/h1-2H,3-4H2,(H2,12,16)(H,13,15). The van der Waals surface area contributed by atoms with E-state index < -0.39 is 12.0 Å². The second-order valence-electron chi connectivity index (χ2n) is 2.90. The molecule has 1 rings (SSSR count). The fraction of sp³-hybridized carbons (Fsp3) is 0.222. The zero-order valence-corrected chi connectivity index (χ0v) is 10.1. The zero-order valence-electron chi connectivity index (χ0n) is 8.57. The molecule has 0 radical (unpaired) electrons. The summed E-state index contributed by atoms with van der Waals surface area (Å²) >= 11 is 11.3. The van der Waals surface area contributed by atoms with Crippen molar-refractivity contribution in [2.24, 2.45) is 5.73 Å². The number of pyridine rings is 1. The van der Waals surface area contributed by atoms with Crippen LogP contribution in [0.2, 0.25) is 10.3 Å². The van der Waals surface area contributed by atoms with Gasteiger partial charge in [-0.2, -0.15) is 0 Å². The van der Waals surface area contributed by atoms with Crippen molar-refractivity contribution in [3.63, 3.8) is 0 Å². The van der Waals surface area contributed by atoms with Crippen molar-refractivity contribution in [3.8, 4) is 0 Å². The van der Waals surface area contributed by atoms with Crippen molar-refractivity contribution in [1.29, 1.82) is 0 Å². The Morgan fingerprint density at radius 2 is 2.12 bits per heavy atom. The Kier molecular flexibility index (Phi) is 4.99. The van der Waals surface area contributed by atoms with Crippen LogP contribution in [0.1, 0.15) is 10.4 Å². The summed E-state index contributed by atoms with van der Waals surface area (Å²) in [5.74, 6) is -0.438. The number of halogens is 2. The molecule has 8 heteroatoms. The maximum absolute atomic E-state index is 11.6. The number of hydrogen-bond acceptors (Lipinski definition) is 4. The van der Waals surface area contributed by atoms with Crippen LogP contribution in [0.5, 0.6) is 0 Å². The fourth-order valence-electron chi connectivity index (χ4n) is 0.993. The molecule has 0 saturated heterocycles. The second-order valence-corrected chi connectivity index (χ2v) is 3.64. The molecule has 0 aromatic carbocycles. The molecule has 0 aliphatic rings. The van der Waals surface area contributed by atoms with Gasteiger partial charge >= 0.3 is 6.09 Å². The molecule has 17 heavy (non-hydrogen) atoms. The summed E-state index contributed by atoms with van der Waals surface area (Å²) in [6.07, 6.45) is -0.898. The van der Waals surface area contributed by atoms with E-state index in [-0.39, 0.29) is 29.0 Å². The molecule has 1 heterocycles. The number of nitrogens with two attached hydrogens (primary N) is 1.